The second-order valence-corrected chi connectivity index (χ2v) is 7.26. The number of aliphatic hydroxyl groups is 1. The van der Waals surface area contributed by atoms with Gasteiger partial charge in [0, 0.05) is 5.56 Å². The number of aliphatic hydroxyl groups excluding tert-OH is 1. The van der Waals surface area contributed by atoms with Crippen LogP contribution in [0.3, 0.4) is 0 Å². The van der Waals surface area contributed by atoms with Crippen LogP contribution in [-0.4, -0.2) is 43.7 Å². The lowest BCUT2D eigenvalue weighted by atomic mass is 10.2. The summed E-state index contributed by atoms with van der Waals surface area (Å²) in [5, 5.41) is 14.8. The van der Waals surface area contributed by atoms with Crippen LogP contribution in [0.15, 0.2) is 55.2 Å². The van der Waals surface area contributed by atoms with Crippen molar-refractivity contribution in [1.29, 1.82) is 0 Å². The highest BCUT2D eigenvalue weighted by Crippen LogP contribution is 2.27. The molecule has 2 heterocycles. The number of hydrazone groups is 1. The Balaban J connectivity index is 1.97. The van der Waals surface area contributed by atoms with Gasteiger partial charge in [0.1, 0.15) is 10.7 Å². The molecular weight excluding hydrogens is 433 g/mol. The van der Waals surface area contributed by atoms with Crippen molar-refractivity contribution in [2.75, 3.05) is 13.2 Å². The number of nitrogens with zero attached hydrogens (tertiary/aromatic N) is 3. The van der Waals surface area contributed by atoms with E-state index in [0.717, 1.165) is 0 Å². The van der Waals surface area contributed by atoms with E-state index in [0.29, 0.717) is 15.1 Å². The maximum absolute atomic E-state index is 12.1. The van der Waals surface area contributed by atoms with Gasteiger partial charge in [-0.1, -0.05) is 12.1 Å². The molecule has 0 saturated heterocycles. The van der Waals surface area contributed by atoms with Crippen molar-refractivity contribution in [1.82, 2.24) is 5.01 Å². The molecule has 0 spiro atoms. The van der Waals surface area contributed by atoms with Gasteiger partial charge in [-0.05, 0) is 46.9 Å². The van der Waals surface area contributed by atoms with Crippen molar-refractivity contribution in [3.05, 3.63) is 51.5 Å². The van der Waals surface area contributed by atoms with Crippen molar-refractivity contribution in [2.24, 2.45) is 9.50 Å². The summed E-state index contributed by atoms with van der Waals surface area (Å²) >= 11 is 2.03. The Morgan fingerprint density at radius 2 is 2.09 bits per heavy atom. The fraction of sp³-hybridized carbons (Fsp3) is 0.143. The molecule has 120 valence electrons. The molecule has 0 bridgehead atoms. The van der Waals surface area contributed by atoms with E-state index in [1.807, 2.05) is 22.6 Å². The van der Waals surface area contributed by atoms with Crippen molar-refractivity contribution < 1.29 is 17.9 Å². The first-order chi connectivity index (χ1) is 11.0. The minimum atomic E-state index is -3.73. The molecule has 1 aromatic heterocycles. The van der Waals surface area contributed by atoms with Gasteiger partial charge < -0.3 is 9.52 Å². The molecule has 0 radical (unpaired) electrons. The first-order valence-corrected chi connectivity index (χ1v) is 9.15. The zero-order chi connectivity index (χ0) is 16.4. The molecule has 0 aliphatic carbocycles. The number of amidine groups is 1. The molecule has 7 nitrogen and oxygen atoms in total. The van der Waals surface area contributed by atoms with Gasteiger partial charge in [-0.15, -0.1) is 4.40 Å². The molecule has 2 aromatic rings. The smallest absolute Gasteiger partial charge is 0.285 e. The predicted octanol–water partition coefficient (Wildman–Crippen LogP) is 1.66. The molecule has 0 fully saturated rings. The molecule has 3 rings (SSSR count). The van der Waals surface area contributed by atoms with E-state index in [4.69, 9.17) is 4.42 Å². The van der Waals surface area contributed by atoms with Gasteiger partial charge >= 0.3 is 0 Å². The average Bonchev–Trinajstić information content (AvgIpc) is 3.06. The van der Waals surface area contributed by atoms with E-state index in [1.54, 1.807) is 30.3 Å². The molecule has 9 heteroatoms. The Labute approximate surface area is 146 Å². The van der Waals surface area contributed by atoms with E-state index >= 15 is 0 Å². The monoisotopic (exact) mass is 445 g/mol. The Morgan fingerprint density at radius 3 is 2.78 bits per heavy atom. The van der Waals surface area contributed by atoms with Crippen LogP contribution in [0.2, 0.25) is 0 Å². The van der Waals surface area contributed by atoms with Gasteiger partial charge in [0.05, 0.1) is 19.4 Å². The summed E-state index contributed by atoms with van der Waals surface area (Å²) in [7, 11) is -3.73. The molecular formula is C14H12IN3O4S. The Hall–Kier alpha value is -1.72. The first-order valence-electron chi connectivity index (χ1n) is 6.63. The molecule has 0 amide bonds. The standard InChI is InChI=1S/C14H12IN3O4S/c15-13-6-5-10(22-13)9-16-18(7-8-19)14-11-3-1-2-4-12(11)23(20,21)17-14/h1-6,9,19H,7-8H2/b16-9+. The summed E-state index contributed by atoms with van der Waals surface area (Å²) in [5.41, 5.74) is 0.465. The van der Waals surface area contributed by atoms with Crippen LogP contribution in [-0.2, 0) is 10.0 Å². The maximum Gasteiger partial charge on any atom is 0.285 e. The Morgan fingerprint density at radius 1 is 1.30 bits per heavy atom. The first kappa shape index (κ1) is 16.1. The number of halogens is 1. The molecule has 0 atom stereocenters. The zero-order valence-corrected chi connectivity index (χ0v) is 14.7. The average molecular weight is 445 g/mol. The van der Waals surface area contributed by atoms with E-state index in [-0.39, 0.29) is 23.9 Å². The molecule has 0 unspecified atom stereocenters. The normalized spacial score (nSPS) is 15.7. The highest BCUT2D eigenvalue weighted by Gasteiger charge is 2.31. The topological polar surface area (TPSA) is 95.5 Å². The van der Waals surface area contributed by atoms with E-state index in [9.17, 15) is 13.5 Å². The van der Waals surface area contributed by atoms with Crippen molar-refractivity contribution >= 4 is 44.7 Å². The van der Waals surface area contributed by atoms with Crippen molar-refractivity contribution in [2.45, 2.75) is 4.90 Å². The highest BCUT2D eigenvalue weighted by atomic mass is 127. The Kier molecular flexibility index (Phi) is 4.50. The largest absolute Gasteiger partial charge is 0.449 e. The third-order valence-electron chi connectivity index (χ3n) is 3.09. The van der Waals surface area contributed by atoms with Crippen molar-refractivity contribution in [3.63, 3.8) is 0 Å². The number of furan rings is 1. The summed E-state index contributed by atoms with van der Waals surface area (Å²) in [6.07, 6.45) is 1.45. The molecule has 1 aliphatic heterocycles. The number of sulfonamides is 1. The lowest BCUT2D eigenvalue weighted by molar-refractivity contribution is 0.253. The summed E-state index contributed by atoms with van der Waals surface area (Å²) < 4.78 is 34.1. The quantitative estimate of drug-likeness (QED) is 0.439. The zero-order valence-electron chi connectivity index (χ0n) is 11.8. The van der Waals surface area contributed by atoms with Gasteiger partial charge in [0.25, 0.3) is 10.0 Å². The molecule has 0 saturated carbocycles. The van der Waals surface area contributed by atoms with Gasteiger partial charge in [-0.25, -0.2) is 5.01 Å². The van der Waals surface area contributed by atoms with Gasteiger partial charge in [0.2, 0.25) is 0 Å². The molecule has 1 aromatic carbocycles. The lowest BCUT2D eigenvalue weighted by Gasteiger charge is -2.17. The number of fused-ring (bicyclic) bond motifs is 1. The lowest BCUT2D eigenvalue weighted by Crippen LogP contribution is -2.28. The second-order valence-electron chi connectivity index (χ2n) is 4.62. The Bertz CT molecular complexity index is 889. The number of hydrogen-bond donors (Lipinski definition) is 1. The van der Waals surface area contributed by atoms with Crippen LogP contribution in [0.4, 0.5) is 0 Å². The molecule has 1 N–H and O–H groups in total. The minimum Gasteiger partial charge on any atom is -0.449 e. The highest BCUT2D eigenvalue weighted by molar-refractivity contribution is 14.1. The van der Waals surface area contributed by atoms with E-state index in [2.05, 4.69) is 9.50 Å². The number of hydrogen-bond acceptors (Lipinski definition) is 6. The fourth-order valence-corrected chi connectivity index (χ4v) is 3.75. The van der Waals surface area contributed by atoms with Crippen LogP contribution < -0.4 is 0 Å². The van der Waals surface area contributed by atoms with Gasteiger partial charge in [-0.2, -0.15) is 13.5 Å². The summed E-state index contributed by atoms with van der Waals surface area (Å²) in [5.74, 6) is 0.708. The van der Waals surface area contributed by atoms with Crippen LogP contribution >= 0.6 is 22.6 Å². The van der Waals surface area contributed by atoms with Crippen LogP contribution in [0.5, 0.6) is 0 Å². The van der Waals surface area contributed by atoms with Crippen LogP contribution in [0.1, 0.15) is 11.3 Å². The van der Waals surface area contributed by atoms with Gasteiger partial charge in [0.15, 0.2) is 9.60 Å². The molecule has 23 heavy (non-hydrogen) atoms. The number of benzene rings is 1. The third-order valence-corrected chi connectivity index (χ3v) is 4.99. The minimum absolute atomic E-state index is 0.108. The van der Waals surface area contributed by atoms with Gasteiger partial charge in [-0.3, -0.25) is 0 Å². The SMILES string of the molecule is O=S1(=O)N=C(N(CCO)/N=C/c2ccc(I)o2)c2ccccc21. The fourth-order valence-electron chi connectivity index (χ4n) is 2.11. The second kappa shape index (κ2) is 6.42. The van der Waals surface area contributed by atoms with Crippen molar-refractivity contribution in [3.8, 4) is 0 Å². The molecule has 1 aliphatic rings. The summed E-state index contributed by atoms with van der Waals surface area (Å²) in [4.78, 5) is 0.140. The van der Waals surface area contributed by atoms with Crippen LogP contribution in [0.25, 0.3) is 0 Å². The summed E-state index contributed by atoms with van der Waals surface area (Å²) in [6.45, 7) is -0.0920. The number of rotatable bonds is 4. The van der Waals surface area contributed by atoms with Crippen LogP contribution in [0, 0.1) is 3.77 Å². The summed E-state index contributed by atoms with van der Waals surface area (Å²) in [6, 6.07) is 10.0. The predicted molar refractivity (Wildman–Crippen MR) is 93.0 cm³/mol. The van der Waals surface area contributed by atoms with E-state index < -0.39 is 10.0 Å². The van der Waals surface area contributed by atoms with E-state index in [1.165, 1.54) is 17.3 Å². The maximum atomic E-state index is 12.1. The third kappa shape index (κ3) is 3.31.